The van der Waals surface area contributed by atoms with Gasteiger partial charge in [-0.25, -0.2) is 4.79 Å². The van der Waals surface area contributed by atoms with Crippen LogP contribution in [-0.4, -0.2) is 111 Å². The van der Waals surface area contributed by atoms with Crippen LogP contribution in [0.1, 0.15) is 36.7 Å². The number of halogens is 1. The van der Waals surface area contributed by atoms with Crippen LogP contribution in [-0.2, 0) is 30.3 Å². The van der Waals surface area contributed by atoms with E-state index in [0.717, 1.165) is 0 Å². The Balaban J connectivity index is 1.41. The minimum atomic E-state index is -1.26. The summed E-state index contributed by atoms with van der Waals surface area (Å²) < 4.78 is 6.42. The molecule has 1 aliphatic rings. The molecule has 5 rings (SSSR count). The molecule has 4 amide bonds. The van der Waals surface area contributed by atoms with Crippen LogP contribution in [0.15, 0.2) is 73.1 Å². The van der Waals surface area contributed by atoms with Crippen molar-refractivity contribution in [2.75, 3.05) is 55.0 Å². The number of aromatic nitrogens is 4. The number of hydrogen-bond donors (Lipinski definition) is 3. The Bertz CT molecular complexity index is 1950. The van der Waals surface area contributed by atoms with Crippen molar-refractivity contribution in [1.29, 1.82) is 0 Å². The molecule has 1 unspecified atom stereocenters. The van der Waals surface area contributed by atoms with Gasteiger partial charge in [-0.3, -0.25) is 24.1 Å². The molecule has 0 bridgehead atoms. The average Bonchev–Trinajstić information content (AvgIpc) is 3.65. The number of methoxy groups -OCH3 is 1. The maximum atomic E-state index is 14.5. The molecule has 3 aromatic carbocycles. The Hall–Kier alpha value is -5.71. The molecule has 1 aromatic heterocycles. The van der Waals surface area contributed by atoms with Crippen molar-refractivity contribution >= 4 is 58.3 Å². The van der Waals surface area contributed by atoms with Gasteiger partial charge >= 0.3 is 17.8 Å². The van der Waals surface area contributed by atoms with Crippen LogP contribution < -0.4 is 20.4 Å². The third-order valence-corrected chi connectivity index (χ3v) is 8.71. The molecule has 1 saturated heterocycles. The second-order valence-corrected chi connectivity index (χ2v) is 13.7. The van der Waals surface area contributed by atoms with E-state index in [1.165, 1.54) is 46.2 Å². The minimum absolute atomic E-state index is 0.0241. The highest BCUT2D eigenvalue weighted by Crippen LogP contribution is 2.28. The lowest BCUT2D eigenvalue weighted by molar-refractivity contribution is -0.137. The quantitative estimate of drug-likeness (QED) is 0.181. The van der Waals surface area contributed by atoms with E-state index in [1.807, 2.05) is 4.90 Å². The first-order chi connectivity index (χ1) is 25.2. The van der Waals surface area contributed by atoms with Gasteiger partial charge < -0.3 is 30.3 Å². The zero-order valence-electron chi connectivity index (χ0n) is 29.7. The summed E-state index contributed by atoms with van der Waals surface area (Å²) in [5.74, 6) is -3.91. The van der Waals surface area contributed by atoms with Crippen molar-refractivity contribution in [3.05, 3.63) is 89.2 Å². The molecular formula is C36H40ClN9O7. The van der Waals surface area contributed by atoms with Crippen molar-refractivity contribution in [2.24, 2.45) is 0 Å². The first kappa shape index (κ1) is 38.5. The number of nitrogens with zero attached hydrogens (tertiary/aromatic N) is 7. The molecule has 53 heavy (non-hydrogen) atoms. The van der Waals surface area contributed by atoms with Gasteiger partial charge in [-0.2, -0.15) is 4.68 Å². The summed E-state index contributed by atoms with van der Waals surface area (Å²) in [6.07, 6.45) is 1.28. The van der Waals surface area contributed by atoms with Gasteiger partial charge in [-0.05, 0) is 91.4 Å². The largest absolute Gasteiger partial charge is 0.478 e. The fourth-order valence-corrected chi connectivity index (χ4v) is 6.06. The third-order valence-electron chi connectivity index (χ3n) is 8.48. The fourth-order valence-electron chi connectivity index (χ4n) is 5.89. The number of carboxylic acid groups (broad SMARTS) is 1. The van der Waals surface area contributed by atoms with Crippen LogP contribution in [0.5, 0.6) is 0 Å². The zero-order chi connectivity index (χ0) is 38.3. The second kappa shape index (κ2) is 16.8. The first-order valence-corrected chi connectivity index (χ1v) is 17.1. The normalized spacial score (nSPS) is 14.1. The second-order valence-electron chi connectivity index (χ2n) is 13.3. The monoisotopic (exact) mass is 745 g/mol. The summed E-state index contributed by atoms with van der Waals surface area (Å²) in [4.78, 5) is 71.1. The van der Waals surface area contributed by atoms with E-state index < -0.39 is 35.3 Å². The summed E-state index contributed by atoms with van der Waals surface area (Å²) in [6.45, 7) is 8.01. The van der Waals surface area contributed by atoms with Crippen molar-refractivity contribution in [3.63, 3.8) is 0 Å². The number of tetrazole rings is 1. The first-order valence-electron chi connectivity index (χ1n) is 16.7. The maximum Gasteiger partial charge on any atom is 0.335 e. The molecule has 0 aliphatic carbocycles. The maximum absolute atomic E-state index is 14.5. The Morgan fingerprint density at radius 3 is 2.32 bits per heavy atom. The Morgan fingerprint density at radius 1 is 1.00 bits per heavy atom. The highest BCUT2D eigenvalue weighted by molar-refractivity contribution is 6.40. The summed E-state index contributed by atoms with van der Waals surface area (Å²) in [6, 6.07) is 16.2. The van der Waals surface area contributed by atoms with E-state index in [0.29, 0.717) is 48.9 Å². The number of benzene rings is 3. The number of aromatic carboxylic acids is 1. The van der Waals surface area contributed by atoms with E-state index in [-0.39, 0.29) is 35.1 Å². The molecule has 1 atom stereocenters. The molecule has 1 fully saturated rings. The van der Waals surface area contributed by atoms with Gasteiger partial charge in [0, 0.05) is 55.1 Å². The van der Waals surface area contributed by atoms with Crippen LogP contribution in [0.3, 0.4) is 0 Å². The Morgan fingerprint density at radius 2 is 1.72 bits per heavy atom. The number of anilines is 3. The van der Waals surface area contributed by atoms with Gasteiger partial charge in [0.15, 0.2) is 0 Å². The minimum Gasteiger partial charge on any atom is -0.478 e. The van der Waals surface area contributed by atoms with Crippen molar-refractivity contribution < 1.29 is 33.8 Å². The van der Waals surface area contributed by atoms with Gasteiger partial charge in [-0.15, -0.1) is 5.10 Å². The van der Waals surface area contributed by atoms with Crippen molar-refractivity contribution in [1.82, 2.24) is 30.4 Å². The number of ether oxygens (including phenoxy) is 1. The standard InChI is InChI=1S/C36H40ClN9O7/c1-36(2,3)46(27-12-7-24(8-13-27)35(51)52)34(50)29(19-23-5-10-26(11-6-23)44-16-15-43(17-18-53-4)21-31(44)47)40-33(49)32(48)39-28-20-25(37)9-14-30(28)45-22-38-41-42-45/h5-14,20,22,29H,15-19,21H2,1-4H3,(H,39,48)(H,40,49)(H,51,52). The molecule has 16 nitrogen and oxygen atoms in total. The predicted octanol–water partition coefficient (Wildman–Crippen LogP) is 2.81. The molecular weight excluding hydrogens is 706 g/mol. The molecule has 278 valence electrons. The van der Waals surface area contributed by atoms with Crippen LogP contribution in [0.2, 0.25) is 5.02 Å². The summed E-state index contributed by atoms with van der Waals surface area (Å²) >= 11 is 6.19. The zero-order valence-corrected chi connectivity index (χ0v) is 30.4. The molecule has 1 aliphatic heterocycles. The Labute approximate surface area is 310 Å². The fraction of sp³-hybridized carbons (Fsp3) is 0.333. The lowest BCUT2D eigenvalue weighted by atomic mass is 9.98. The Kier molecular flexibility index (Phi) is 12.2. The molecule has 0 radical (unpaired) electrons. The highest BCUT2D eigenvalue weighted by atomic mass is 35.5. The molecule has 3 N–H and O–H groups in total. The summed E-state index contributed by atoms with van der Waals surface area (Å²) in [5, 5.41) is 25.9. The van der Waals surface area contributed by atoms with Crippen LogP contribution in [0.25, 0.3) is 5.69 Å². The molecule has 2 heterocycles. The molecule has 17 heteroatoms. The number of carbonyl (C=O) groups excluding carboxylic acids is 4. The number of piperazine rings is 1. The lowest BCUT2D eigenvalue weighted by Crippen LogP contribution is -2.57. The number of carbonyl (C=O) groups is 5. The number of nitrogens with one attached hydrogen (secondary N) is 2. The van der Waals surface area contributed by atoms with Gasteiger partial charge in [-0.1, -0.05) is 23.7 Å². The number of carboxylic acids is 1. The van der Waals surface area contributed by atoms with Gasteiger partial charge in [0.05, 0.1) is 30.1 Å². The van der Waals surface area contributed by atoms with Gasteiger partial charge in [0.25, 0.3) is 0 Å². The SMILES string of the molecule is COCCN1CCN(c2ccc(CC(NC(=O)C(=O)Nc3cc(Cl)ccc3-n3cnnn3)C(=O)N(c3ccc(C(=O)O)cc3)C(C)(C)C)cc2)C(=O)C1. The van der Waals surface area contributed by atoms with E-state index in [1.54, 1.807) is 69.2 Å². The molecule has 0 saturated carbocycles. The van der Waals surface area contributed by atoms with Crippen LogP contribution in [0.4, 0.5) is 17.1 Å². The van der Waals surface area contributed by atoms with E-state index >= 15 is 0 Å². The highest BCUT2D eigenvalue weighted by Gasteiger charge is 2.35. The molecule has 4 aromatic rings. The van der Waals surface area contributed by atoms with E-state index in [4.69, 9.17) is 16.3 Å². The van der Waals surface area contributed by atoms with Crippen molar-refractivity contribution in [3.8, 4) is 5.69 Å². The summed E-state index contributed by atoms with van der Waals surface area (Å²) in [5.41, 5.74) is 1.40. The number of hydrogen-bond acceptors (Lipinski definition) is 10. The van der Waals surface area contributed by atoms with Crippen molar-refractivity contribution in [2.45, 2.75) is 38.8 Å². The predicted molar refractivity (Wildman–Crippen MR) is 196 cm³/mol. The van der Waals surface area contributed by atoms with Gasteiger partial charge in [0.1, 0.15) is 12.4 Å². The van der Waals surface area contributed by atoms with E-state index in [2.05, 4.69) is 26.2 Å². The van der Waals surface area contributed by atoms with Gasteiger partial charge in [0.2, 0.25) is 11.8 Å². The van der Waals surface area contributed by atoms with Crippen LogP contribution >= 0.6 is 11.6 Å². The summed E-state index contributed by atoms with van der Waals surface area (Å²) in [7, 11) is 1.62. The third kappa shape index (κ3) is 9.59. The lowest BCUT2D eigenvalue weighted by Gasteiger charge is -2.38. The average molecular weight is 746 g/mol. The van der Waals surface area contributed by atoms with Crippen LogP contribution in [0, 0.1) is 0 Å². The number of rotatable bonds is 12. The molecule has 0 spiro atoms. The smallest absolute Gasteiger partial charge is 0.335 e. The van der Waals surface area contributed by atoms with E-state index in [9.17, 15) is 29.1 Å². The number of amides is 4. The topological polar surface area (TPSA) is 192 Å².